The smallest absolute Gasteiger partial charge is 0.335 e. The van der Waals surface area contributed by atoms with Crippen LogP contribution in [0.4, 0.5) is 5.69 Å². The van der Waals surface area contributed by atoms with Crippen molar-refractivity contribution in [3.05, 3.63) is 64.7 Å². The van der Waals surface area contributed by atoms with E-state index in [1.165, 1.54) is 23.3 Å². The Morgan fingerprint density at radius 2 is 1.76 bits per heavy atom. The number of hydrogen-bond acceptors (Lipinski definition) is 2. The molecule has 0 bridgehead atoms. The number of hydrogen-bond donors (Lipinski definition) is 2. The van der Waals surface area contributed by atoms with Crippen LogP contribution in [-0.4, -0.2) is 17.0 Å². The Morgan fingerprint density at radius 3 is 2.57 bits per heavy atom. The van der Waals surface area contributed by atoms with Crippen LogP contribution >= 0.6 is 0 Å². The number of aromatic carboxylic acids is 1. The molecule has 4 heteroatoms. The van der Waals surface area contributed by atoms with E-state index in [2.05, 4.69) is 5.32 Å². The van der Waals surface area contributed by atoms with E-state index in [-0.39, 0.29) is 11.5 Å². The van der Waals surface area contributed by atoms with E-state index in [4.69, 9.17) is 5.11 Å². The summed E-state index contributed by atoms with van der Waals surface area (Å²) in [5, 5.41) is 11.7. The van der Waals surface area contributed by atoms with Gasteiger partial charge in [0.1, 0.15) is 0 Å². The zero-order valence-corrected chi connectivity index (χ0v) is 11.4. The van der Waals surface area contributed by atoms with Crippen molar-refractivity contribution in [1.29, 1.82) is 0 Å². The van der Waals surface area contributed by atoms with Crippen LogP contribution in [0.2, 0.25) is 0 Å². The molecule has 0 unspecified atom stereocenters. The molecule has 1 aliphatic carbocycles. The number of anilines is 1. The third kappa shape index (κ3) is 2.79. The highest BCUT2D eigenvalue weighted by Crippen LogP contribution is 2.23. The maximum absolute atomic E-state index is 12.2. The summed E-state index contributed by atoms with van der Waals surface area (Å²) < 4.78 is 0. The van der Waals surface area contributed by atoms with E-state index in [1.54, 1.807) is 12.1 Å². The Morgan fingerprint density at radius 1 is 0.952 bits per heavy atom. The maximum Gasteiger partial charge on any atom is 0.335 e. The molecule has 0 atom stereocenters. The van der Waals surface area contributed by atoms with E-state index in [0.29, 0.717) is 11.3 Å². The van der Waals surface area contributed by atoms with Crippen molar-refractivity contribution in [3.8, 4) is 0 Å². The molecule has 1 aliphatic rings. The fraction of sp³-hybridized carbons (Fsp3) is 0.176. The van der Waals surface area contributed by atoms with E-state index in [0.717, 1.165) is 19.3 Å². The summed E-state index contributed by atoms with van der Waals surface area (Å²) >= 11 is 0. The van der Waals surface area contributed by atoms with Crippen LogP contribution < -0.4 is 5.32 Å². The van der Waals surface area contributed by atoms with Gasteiger partial charge in [-0.1, -0.05) is 12.1 Å². The number of carboxylic acids is 1. The Labute approximate surface area is 122 Å². The summed E-state index contributed by atoms with van der Waals surface area (Å²) in [5.74, 6) is -1.23. The Hall–Kier alpha value is -2.62. The van der Waals surface area contributed by atoms with E-state index in [1.807, 2.05) is 18.2 Å². The van der Waals surface area contributed by atoms with Gasteiger partial charge in [0.15, 0.2) is 0 Å². The van der Waals surface area contributed by atoms with Gasteiger partial charge in [-0.2, -0.15) is 0 Å². The van der Waals surface area contributed by atoms with Crippen molar-refractivity contribution in [2.45, 2.75) is 19.3 Å². The summed E-state index contributed by atoms with van der Waals surface area (Å²) in [7, 11) is 0. The summed E-state index contributed by atoms with van der Waals surface area (Å²) in [6, 6.07) is 12.0. The molecule has 0 heterocycles. The second kappa shape index (κ2) is 5.40. The molecule has 0 spiro atoms. The van der Waals surface area contributed by atoms with Gasteiger partial charge in [-0.25, -0.2) is 4.79 Å². The topological polar surface area (TPSA) is 66.4 Å². The SMILES string of the molecule is O=C(O)c1cccc(NC(=O)c2ccc3c(c2)CCC3)c1. The average molecular weight is 281 g/mol. The van der Waals surface area contributed by atoms with Crippen LogP contribution in [0.1, 0.15) is 38.3 Å². The fourth-order valence-electron chi connectivity index (χ4n) is 2.65. The number of aryl methyl sites for hydroxylation is 2. The maximum atomic E-state index is 12.2. The number of benzene rings is 2. The molecule has 2 N–H and O–H groups in total. The van der Waals surface area contributed by atoms with Gasteiger partial charge >= 0.3 is 5.97 Å². The van der Waals surface area contributed by atoms with E-state index >= 15 is 0 Å². The van der Waals surface area contributed by atoms with Gasteiger partial charge in [-0.3, -0.25) is 4.79 Å². The molecule has 106 valence electrons. The molecule has 21 heavy (non-hydrogen) atoms. The zero-order chi connectivity index (χ0) is 14.8. The minimum absolute atomic E-state index is 0.154. The largest absolute Gasteiger partial charge is 0.478 e. The fourth-order valence-corrected chi connectivity index (χ4v) is 2.65. The van der Waals surface area contributed by atoms with Crippen LogP contribution in [0.5, 0.6) is 0 Å². The number of nitrogens with one attached hydrogen (secondary N) is 1. The zero-order valence-electron chi connectivity index (χ0n) is 11.4. The van der Waals surface area contributed by atoms with Crippen LogP contribution in [0.3, 0.4) is 0 Å². The molecular formula is C17H15NO3. The number of rotatable bonds is 3. The Balaban J connectivity index is 1.80. The summed E-state index contributed by atoms with van der Waals surface area (Å²) in [6.45, 7) is 0. The average Bonchev–Trinajstić information content (AvgIpc) is 2.94. The van der Waals surface area contributed by atoms with Gasteiger partial charge in [-0.05, 0) is 60.7 Å². The molecule has 0 aromatic heterocycles. The third-order valence-electron chi connectivity index (χ3n) is 3.73. The second-order valence-corrected chi connectivity index (χ2v) is 5.18. The van der Waals surface area contributed by atoms with Gasteiger partial charge < -0.3 is 10.4 Å². The first-order valence-electron chi connectivity index (χ1n) is 6.90. The van der Waals surface area contributed by atoms with Crippen molar-refractivity contribution in [1.82, 2.24) is 0 Å². The lowest BCUT2D eigenvalue weighted by Gasteiger charge is -2.07. The number of carbonyl (C=O) groups is 2. The molecule has 0 saturated carbocycles. The van der Waals surface area contributed by atoms with Gasteiger partial charge in [0, 0.05) is 11.3 Å². The third-order valence-corrected chi connectivity index (χ3v) is 3.73. The Kier molecular flexibility index (Phi) is 3.44. The van der Waals surface area contributed by atoms with Crippen LogP contribution in [-0.2, 0) is 12.8 Å². The molecule has 3 rings (SSSR count). The quantitative estimate of drug-likeness (QED) is 0.908. The lowest BCUT2D eigenvalue weighted by atomic mass is 10.1. The first kappa shape index (κ1) is 13.4. The summed E-state index contributed by atoms with van der Waals surface area (Å²) in [4.78, 5) is 23.2. The molecule has 0 fully saturated rings. The number of fused-ring (bicyclic) bond motifs is 1. The standard InChI is InChI=1S/C17H15NO3/c19-16(13-8-7-11-3-1-4-12(11)9-13)18-15-6-2-5-14(10-15)17(20)21/h2,5-10H,1,3-4H2,(H,18,19)(H,20,21). The predicted molar refractivity (Wildman–Crippen MR) is 79.8 cm³/mol. The van der Waals surface area contributed by atoms with E-state index < -0.39 is 5.97 Å². The van der Waals surface area contributed by atoms with Crippen molar-refractivity contribution in [2.75, 3.05) is 5.32 Å². The number of carboxylic acid groups (broad SMARTS) is 1. The minimum Gasteiger partial charge on any atom is -0.478 e. The van der Waals surface area contributed by atoms with Crippen LogP contribution in [0.25, 0.3) is 0 Å². The summed E-state index contributed by atoms with van der Waals surface area (Å²) in [6.07, 6.45) is 3.24. The minimum atomic E-state index is -1.01. The van der Waals surface area contributed by atoms with Gasteiger partial charge in [0.25, 0.3) is 5.91 Å². The molecule has 2 aromatic carbocycles. The first-order valence-corrected chi connectivity index (χ1v) is 6.90. The monoisotopic (exact) mass is 281 g/mol. The lowest BCUT2D eigenvalue weighted by Crippen LogP contribution is -2.12. The van der Waals surface area contributed by atoms with Crippen molar-refractivity contribution in [2.24, 2.45) is 0 Å². The highest BCUT2D eigenvalue weighted by Gasteiger charge is 2.14. The second-order valence-electron chi connectivity index (χ2n) is 5.18. The first-order chi connectivity index (χ1) is 10.1. The normalized spacial score (nSPS) is 12.8. The molecule has 0 aliphatic heterocycles. The van der Waals surface area contributed by atoms with Crippen molar-refractivity contribution in [3.63, 3.8) is 0 Å². The molecule has 0 radical (unpaired) electrons. The molecular weight excluding hydrogens is 266 g/mol. The van der Waals surface area contributed by atoms with Gasteiger partial charge in [0.2, 0.25) is 0 Å². The van der Waals surface area contributed by atoms with Crippen LogP contribution in [0.15, 0.2) is 42.5 Å². The highest BCUT2D eigenvalue weighted by molar-refractivity contribution is 6.05. The number of amides is 1. The number of carbonyl (C=O) groups excluding carboxylic acids is 1. The predicted octanol–water partition coefficient (Wildman–Crippen LogP) is 3.13. The van der Waals surface area contributed by atoms with E-state index in [9.17, 15) is 9.59 Å². The van der Waals surface area contributed by atoms with Crippen LogP contribution in [0, 0.1) is 0 Å². The molecule has 1 amide bonds. The summed E-state index contributed by atoms with van der Waals surface area (Å²) in [5.41, 5.74) is 3.81. The highest BCUT2D eigenvalue weighted by atomic mass is 16.4. The molecule has 4 nitrogen and oxygen atoms in total. The lowest BCUT2D eigenvalue weighted by molar-refractivity contribution is 0.0696. The molecule has 2 aromatic rings. The molecule has 0 saturated heterocycles. The van der Waals surface area contributed by atoms with Crippen molar-refractivity contribution < 1.29 is 14.7 Å². The van der Waals surface area contributed by atoms with Gasteiger partial charge in [-0.15, -0.1) is 0 Å². The van der Waals surface area contributed by atoms with Gasteiger partial charge in [0.05, 0.1) is 5.56 Å². The Bertz CT molecular complexity index is 722. The van der Waals surface area contributed by atoms with Crippen molar-refractivity contribution >= 4 is 17.6 Å².